The molecular formula is C16H20ClFN2S. The number of aromatic nitrogens is 1. The summed E-state index contributed by atoms with van der Waals surface area (Å²) in [6, 6.07) is 5.54. The Morgan fingerprint density at radius 3 is 2.81 bits per heavy atom. The van der Waals surface area contributed by atoms with E-state index in [1.54, 1.807) is 29.5 Å². The van der Waals surface area contributed by atoms with Crippen molar-refractivity contribution < 1.29 is 4.39 Å². The maximum atomic E-state index is 14.0. The summed E-state index contributed by atoms with van der Waals surface area (Å²) in [5.74, 6) is -0.339. The fourth-order valence-electron chi connectivity index (χ4n) is 2.07. The third kappa shape index (κ3) is 4.25. The van der Waals surface area contributed by atoms with E-state index in [1.165, 1.54) is 4.88 Å². The quantitative estimate of drug-likeness (QED) is 0.840. The van der Waals surface area contributed by atoms with Gasteiger partial charge in [0.2, 0.25) is 0 Å². The van der Waals surface area contributed by atoms with Crippen molar-refractivity contribution in [2.45, 2.75) is 46.2 Å². The minimum atomic E-state index is -0.339. The molecule has 0 fully saturated rings. The largest absolute Gasteiger partial charge is 0.310 e. The van der Waals surface area contributed by atoms with Crippen LogP contribution in [0.1, 0.15) is 41.9 Å². The zero-order valence-corrected chi connectivity index (χ0v) is 14.1. The molecule has 2 aromatic rings. The van der Waals surface area contributed by atoms with Gasteiger partial charge in [0.25, 0.3) is 0 Å². The Morgan fingerprint density at radius 2 is 2.14 bits per heavy atom. The molecule has 0 aliphatic rings. The second-order valence-electron chi connectivity index (χ2n) is 5.26. The van der Waals surface area contributed by atoms with E-state index in [2.05, 4.69) is 31.1 Å². The van der Waals surface area contributed by atoms with E-state index in [0.717, 1.165) is 23.7 Å². The SMILES string of the molecule is CCc1nc(Cc2cccc(Cl)c2F)sc1CNC(C)C. The summed E-state index contributed by atoms with van der Waals surface area (Å²) in [6.45, 7) is 7.15. The lowest BCUT2D eigenvalue weighted by molar-refractivity contribution is 0.590. The van der Waals surface area contributed by atoms with Gasteiger partial charge in [-0.25, -0.2) is 9.37 Å². The topological polar surface area (TPSA) is 24.9 Å². The predicted molar refractivity (Wildman–Crippen MR) is 87.7 cm³/mol. The Hall–Kier alpha value is -0.970. The van der Waals surface area contributed by atoms with Crippen LogP contribution >= 0.6 is 22.9 Å². The lowest BCUT2D eigenvalue weighted by Crippen LogP contribution is -2.21. The first-order valence-electron chi connectivity index (χ1n) is 7.15. The van der Waals surface area contributed by atoms with Crippen LogP contribution in [0, 0.1) is 5.82 Å². The molecule has 1 aromatic carbocycles. The summed E-state index contributed by atoms with van der Waals surface area (Å²) in [6.07, 6.45) is 1.38. The van der Waals surface area contributed by atoms with Crippen LogP contribution in [0.4, 0.5) is 4.39 Å². The number of halogens is 2. The number of hydrogen-bond acceptors (Lipinski definition) is 3. The zero-order valence-electron chi connectivity index (χ0n) is 12.5. The molecule has 1 N–H and O–H groups in total. The molecule has 0 atom stereocenters. The predicted octanol–water partition coefficient (Wildman–Crippen LogP) is 4.59. The highest BCUT2D eigenvalue weighted by Crippen LogP contribution is 2.25. The van der Waals surface area contributed by atoms with Crippen molar-refractivity contribution in [1.29, 1.82) is 0 Å². The summed E-state index contributed by atoms with van der Waals surface area (Å²) < 4.78 is 14.0. The van der Waals surface area contributed by atoms with Crippen LogP contribution in [0.5, 0.6) is 0 Å². The van der Waals surface area contributed by atoms with Crippen LogP contribution in [-0.4, -0.2) is 11.0 Å². The molecule has 0 saturated heterocycles. The van der Waals surface area contributed by atoms with Gasteiger partial charge < -0.3 is 5.32 Å². The van der Waals surface area contributed by atoms with Gasteiger partial charge in [-0.15, -0.1) is 11.3 Å². The summed E-state index contributed by atoms with van der Waals surface area (Å²) in [5, 5.41) is 4.52. The standard InChI is InChI=1S/C16H20ClFN2S/c1-4-13-14(9-19-10(2)3)21-15(20-13)8-11-6-5-7-12(17)16(11)18/h5-7,10,19H,4,8-9H2,1-3H3. The zero-order chi connectivity index (χ0) is 15.4. The van der Waals surface area contributed by atoms with E-state index in [1.807, 2.05) is 0 Å². The van der Waals surface area contributed by atoms with Gasteiger partial charge in [0.05, 0.1) is 15.7 Å². The minimum Gasteiger partial charge on any atom is -0.310 e. The fraction of sp³-hybridized carbons (Fsp3) is 0.438. The number of thiazole rings is 1. The number of benzene rings is 1. The van der Waals surface area contributed by atoms with Crippen molar-refractivity contribution in [1.82, 2.24) is 10.3 Å². The lowest BCUT2D eigenvalue weighted by atomic mass is 10.1. The van der Waals surface area contributed by atoms with Gasteiger partial charge in [0.1, 0.15) is 5.82 Å². The highest BCUT2D eigenvalue weighted by Gasteiger charge is 2.13. The van der Waals surface area contributed by atoms with Crippen molar-refractivity contribution in [3.63, 3.8) is 0 Å². The molecule has 0 saturated carbocycles. The molecule has 2 rings (SSSR count). The summed E-state index contributed by atoms with van der Waals surface area (Å²) >= 11 is 7.48. The van der Waals surface area contributed by atoms with Gasteiger partial charge in [0, 0.05) is 23.9 Å². The summed E-state index contributed by atoms with van der Waals surface area (Å²) in [7, 11) is 0. The molecule has 0 aliphatic heterocycles. The minimum absolute atomic E-state index is 0.168. The summed E-state index contributed by atoms with van der Waals surface area (Å²) in [4.78, 5) is 5.88. The Kier molecular flexibility index (Phi) is 5.73. The van der Waals surface area contributed by atoms with Crippen LogP contribution in [0.15, 0.2) is 18.2 Å². The Labute approximate surface area is 134 Å². The molecule has 2 nitrogen and oxygen atoms in total. The van der Waals surface area contributed by atoms with E-state index < -0.39 is 0 Å². The van der Waals surface area contributed by atoms with Gasteiger partial charge in [-0.05, 0) is 18.1 Å². The van der Waals surface area contributed by atoms with E-state index in [0.29, 0.717) is 18.0 Å². The smallest absolute Gasteiger partial charge is 0.145 e. The van der Waals surface area contributed by atoms with Gasteiger partial charge in [0.15, 0.2) is 0 Å². The molecule has 5 heteroatoms. The van der Waals surface area contributed by atoms with Crippen LogP contribution in [-0.2, 0) is 19.4 Å². The molecule has 0 bridgehead atoms. The molecule has 1 aromatic heterocycles. The maximum absolute atomic E-state index is 14.0. The molecule has 0 radical (unpaired) electrons. The van der Waals surface area contributed by atoms with Crippen LogP contribution in [0.3, 0.4) is 0 Å². The first-order chi connectivity index (χ1) is 10.0. The van der Waals surface area contributed by atoms with Gasteiger partial charge >= 0.3 is 0 Å². The number of rotatable bonds is 6. The molecular weight excluding hydrogens is 307 g/mol. The molecule has 0 amide bonds. The van der Waals surface area contributed by atoms with Crippen molar-refractivity contribution in [3.8, 4) is 0 Å². The normalized spacial score (nSPS) is 11.3. The Bertz CT molecular complexity index is 610. The highest BCUT2D eigenvalue weighted by molar-refractivity contribution is 7.11. The van der Waals surface area contributed by atoms with Crippen LogP contribution in [0.25, 0.3) is 0 Å². The molecule has 0 unspecified atom stereocenters. The van der Waals surface area contributed by atoms with E-state index in [-0.39, 0.29) is 10.8 Å². The number of nitrogens with one attached hydrogen (secondary N) is 1. The molecule has 0 spiro atoms. The van der Waals surface area contributed by atoms with Crippen molar-refractivity contribution >= 4 is 22.9 Å². The van der Waals surface area contributed by atoms with Crippen LogP contribution < -0.4 is 5.32 Å². The van der Waals surface area contributed by atoms with E-state index in [4.69, 9.17) is 11.6 Å². The average molecular weight is 327 g/mol. The monoisotopic (exact) mass is 326 g/mol. The van der Waals surface area contributed by atoms with Gasteiger partial charge in [-0.1, -0.05) is 44.5 Å². The molecule has 0 aliphatic carbocycles. The fourth-order valence-corrected chi connectivity index (χ4v) is 3.40. The second-order valence-corrected chi connectivity index (χ2v) is 6.83. The number of aryl methyl sites for hydroxylation is 1. The van der Waals surface area contributed by atoms with E-state index >= 15 is 0 Å². The lowest BCUT2D eigenvalue weighted by Gasteiger charge is -2.06. The first kappa shape index (κ1) is 16.4. The first-order valence-corrected chi connectivity index (χ1v) is 8.34. The Morgan fingerprint density at radius 1 is 1.38 bits per heavy atom. The number of nitrogens with zero attached hydrogens (tertiary/aromatic N) is 1. The van der Waals surface area contributed by atoms with Crippen molar-refractivity contribution in [2.75, 3.05) is 0 Å². The number of hydrogen-bond donors (Lipinski definition) is 1. The average Bonchev–Trinajstić information content (AvgIpc) is 2.84. The van der Waals surface area contributed by atoms with Gasteiger partial charge in [-0.2, -0.15) is 0 Å². The molecule has 1 heterocycles. The van der Waals surface area contributed by atoms with Crippen molar-refractivity contribution in [3.05, 3.63) is 50.2 Å². The third-order valence-corrected chi connectivity index (χ3v) is 4.59. The van der Waals surface area contributed by atoms with Crippen LogP contribution in [0.2, 0.25) is 5.02 Å². The van der Waals surface area contributed by atoms with Gasteiger partial charge in [-0.3, -0.25) is 0 Å². The highest BCUT2D eigenvalue weighted by atomic mass is 35.5. The summed E-state index contributed by atoms with van der Waals surface area (Å²) in [5.41, 5.74) is 1.70. The molecule has 21 heavy (non-hydrogen) atoms. The van der Waals surface area contributed by atoms with Crippen molar-refractivity contribution in [2.24, 2.45) is 0 Å². The van der Waals surface area contributed by atoms with E-state index in [9.17, 15) is 4.39 Å². The third-order valence-electron chi connectivity index (χ3n) is 3.20. The Balaban J connectivity index is 2.19. The molecule has 114 valence electrons. The maximum Gasteiger partial charge on any atom is 0.145 e. The second kappa shape index (κ2) is 7.34.